The van der Waals surface area contributed by atoms with Crippen LogP contribution in [-0.2, 0) is 6.54 Å². The molecule has 0 amide bonds. The van der Waals surface area contributed by atoms with Gasteiger partial charge < -0.3 is 0 Å². The van der Waals surface area contributed by atoms with Gasteiger partial charge in [0.2, 0.25) is 0 Å². The molecule has 1 aromatic heterocycles. The molecule has 0 spiro atoms. The minimum atomic E-state index is 0.0883. The van der Waals surface area contributed by atoms with Gasteiger partial charge in [0.1, 0.15) is 11.4 Å². The van der Waals surface area contributed by atoms with E-state index >= 15 is 0 Å². The van der Waals surface area contributed by atoms with Crippen LogP contribution in [0.3, 0.4) is 0 Å². The maximum Gasteiger partial charge on any atom is 0.117 e. The monoisotopic (exact) mass is 254 g/mol. The lowest BCUT2D eigenvalue weighted by atomic mass is 10.1. The van der Waals surface area contributed by atoms with Crippen LogP contribution in [0.15, 0.2) is 30.3 Å². The number of hydrogen-bond acceptors (Lipinski definition) is 3. The molecule has 1 heterocycles. The van der Waals surface area contributed by atoms with Crippen LogP contribution in [0.4, 0.5) is 0 Å². The second kappa shape index (κ2) is 6.72. The van der Waals surface area contributed by atoms with E-state index in [1.165, 1.54) is 0 Å². The topological polar surface area (TPSA) is 53.6 Å². The molecule has 19 heavy (non-hydrogen) atoms. The molecule has 4 nitrogen and oxygen atoms in total. The third-order valence-corrected chi connectivity index (χ3v) is 2.96. The van der Waals surface area contributed by atoms with Gasteiger partial charge in [0.25, 0.3) is 0 Å². The van der Waals surface area contributed by atoms with E-state index in [4.69, 9.17) is 6.42 Å². The lowest BCUT2D eigenvalue weighted by Gasteiger charge is -2.10. The number of nitrogens with zero attached hydrogens (tertiary/aromatic N) is 2. The molecule has 98 valence electrons. The van der Waals surface area contributed by atoms with Crippen LogP contribution in [0, 0.1) is 12.3 Å². The van der Waals surface area contributed by atoms with Crippen LogP contribution < -0.4 is 5.32 Å². The van der Waals surface area contributed by atoms with Crippen molar-refractivity contribution in [1.29, 1.82) is 0 Å². The third-order valence-electron chi connectivity index (χ3n) is 2.96. The van der Waals surface area contributed by atoms with E-state index in [2.05, 4.69) is 33.6 Å². The molecule has 0 aliphatic heterocycles. The predicted octanol–water partition coefficient (Wildman–Crippen LogP) is 2.36. The molecule has 2 aromatic rings. The van der Waals surface area contributed by atoms with Crippen molar-refractivity contribution >= 4 is 0 Å². The Kier molecular flexibility index (Phi) is 4.71. The molecule has 0 aliphatic rings. The second-order valence-corrected chi connectivity index (χ2v) is 4.37. The van der Waals surface area contributed by atoms with Crippen LogP contribution in [0.25, 0.3) is 11.3 Å². The van der Waals surface area contributed by atoms with Crippen molar-refractivity contribution in [2.24, 2.45) is 0 Å². The van der Waals surface area contributed by atoms with Gasteiger partial charge in [-0.1, -0.05) is 49.6 Å². The van der Waals surface area contributed by atoms with Gasteiger partial charge >= 0.3 is 0 Å². The van der Waals surface area contributed by atoms with E-state index in [-0.39, 0.29) is 6.04 Å². The zero-order valence-corrected chi connectivity index (χ0v) is 11.1. The lowest BCUT2D eigenvalue weighted by Crippen LogP contribution is -2.27. The fourth-order valence-electron chi connectivity index (χ4n) is 1.96. The van der Waals surface area contributed by atoms with Crippen molar-refractivity contribution < 1.29 is 0 Å². The number of nitrogens with one attached hydrogen (secondary N) is 2. The molecule has 0 bridgehead atoms. The highest BCUT2D eigenvalue weighted by molar-refractivity contribution is 5.60. The fraction of sp³-hybridized carbons (Fsp3) is 0.333. The first-order valence-electron chi connectivity index (χ1n) is 6.49. The van der Waals surface area contributed by atoms with Gasteiger partial charge in [-0.3, -0.25) is 5.32 Å². The average molecular weight is 254 g/mol. The van der Waals surface area contributed by atoms with Crippen LogP contribution in [0.2, 0.25) is 0 Å². The molecule has 2 N–H and O–H groups in total. The first-order chi connectivity index (χ1) is 9.35. The normalized spacial score (nSPS) is 12.0. The highest BCUT2D eigenvalue weighted by Crippen LogP contribution is 2.18. The van der Waals surface area contributed by atoms with Crippen LogP contribution in [-0.4, -0.2) is 21.5 Å². The molecular weight excluding hydrogens is 236 g/mol. The smallest absolute Gasteiger partial charge is 0.117 e. The molecular formula is C15H18N4. The minimum Gasteiger partial charge on any atom is -0.298 e. The Morgan fingerprint density at radius 3 is 2.79 bits per heavy atom. The van der Waals surface area contributed by atoms with E-state index in [9.17, 15) is 0 Å². The van der Waals surface area contributed by atoms with Gasteiger partial charge in [-0.2, -0.15) is 15.4 Å². The van der Waals surface area contributed by atoms with Gasteiger partial charge in [-0.25, -0.2) is 0 Å². The quantitative estimate of drug-likeness (QED) is 0.778. The Morgan fingerprint density at radius 1 is 1.32 bits per heavy atom. The summed E-state index contributed by atoms with van der Waals surface area (Å²) in [6.45, 7) is 2.74. The van der Waals surface area contributed by atoms with Crippen molar-refractivity contribution in [1.82, 2.24) is 20.7 Å². The zero-order valence-electron chi connectivity index (χ0n) is 11.1. The summed E-state index contributed by atoms with van der Waals surface area (Å²) >= 11 is 0. The summed E-state index contributed by atoms with van der Waals surface area (Å²) < 4.78 is 0. The molecule has 1 unspecified atom stereocenters. The maximum absolute atomic E-state index is 5.49. The second-order valence-electron chi connectivity index (χ2n) is 4.37. The summed E-state index contributed by atoms with van der Waals surface area (Å²) in [6.07, 6.45) is 7.52. The first kappa shape index (κ1) is 13.3. The standard InChI is InChI=1S/C15H18N4/c1-3-8-13(4-2)16-11-14-15(18-19-17-14)12-9-6-5-7-10-12/h2,5-7,9-10,13,16H,3,8,11H2,1H3,(H,17,18,19). The molecule has 2 rings (SSSR count). The molecule has 1 atom stereocenters. The fourth-order valence-corrected chi connectivity index (χ4v) is 1.96. The van der Waals surface area contributed by atoms with Crippen LogP contribution in [0.1, 0.15) is 25.5 Å². The van der Waals surface area contributed by atoms with Crippen molar-refractivity contribution in [2.45, 2.75) is 32.4 Å². The number of rotatable bonds is 6. The summed E-state index contributed by atoms with van der Waals surface area (Å²) in [5.41, 5.74) is 2.82. The molecule has 0 saturated heterocycles. The maximum atomic E-state index is 5.49. The number of terminal acetylenes is 1. The van der Waals surface area contributed by atoms with Gasteiger partial charge in [-0.05, 0) is 6.42 Å². The Labute approximate surface area is 113 Å². The van der Waals surface area contributed by atoms with Gasteiger partial charge in [0.15, 0.2) is 0 Å². The van der Waals surface area contributed by atoms with Crippen molar-refractivity contribution in [3.05, 3.63) is 36.0 Å². The van der Waals surface area contributed by atoms with E-state index in [0.717, 1.165) is 29.8 Å². The minimum absolute atomic E-state index is 0.0883. The van der Waals surface area contributed by atoms with Gasteiger partial charge in [0, 0.05) is 12.1 Å². The summed E-state index contributed by atoms with van der Waals surface area (Å²) in [5.74, 6) is 2.76. The average Bonchev–Trinajstić information content (AvgIpc) is 2.93. The molecule has 4 heteroatoms. The largest absolute Gasteiger partial charge is 0.298 e. The first-order valence-corrected chi connectivity index (χ1v) is 6.49. The highest BCUT2D eigenvalue weighted by atomic mass is 15.3. The number of aromatic amines is 1. The number of hydrogen-bond donors (Lipinski definition) is 2. The lowest BCUT2D eigenvalue weighted by molar-refractivity contribution is 0.557. The Balaban J connectivity index is 2.07. The highest BCUT2D eigenvalue weighted by Gasteiger charge is 2.11. The Hall–Kier alpha value is -2.12. The van der Waals surface area contributed by atoms with Crippen molar-refractivity contribution in [2.75, 3.05) is 0 Å². The van der Waals surface area contributed by atoms with Crippen molar-refractivity contribution in [3.8, 4) is 23.6 Å². The Morgan fingerprint density at radius 2 is 2.11 bits per heavy atom. The predicted molar refractivity (Wildman–Crippen MR) is 76.2 cm³/mol. The number of aromatic nitrogens is 3. The van der Waals surface area contributed by atoms with Crippen LogP contribution >= 0.6 is 0 Å². The van der Waals surface area contributed by atoms with E-state index in [0.29, 0.717) is 6.54 Å². The molecule has 0 saturated carbocycles. The third kappa shape index (κ3) is 3.43. The molecule has 0 aliphatic carbocycles. The summed E-state index contributed by atoms with van der Waals surface area (Å²) in [6, 6.07) is 10.1. The van der Waals surface area contributed by atoms with E-state index in [1.54, 1.807) is 0 Å². The Bertz CT molecular complexity index is 539. The molecule has 1 aromatic carbocycles. The molecule has 0 fully saturated rings. The number of benzene rings is 1. The summed E-state index contributed by atoms with van der Waals surface area (Å²) in [7, 11) is 0. The summed E-state index contributed by atoms with van der Waals surface area (Å²) in [5, 5.41) is 14.4. The SMILES string of the molecule is C#CC(CCC)NCc1n[nH]nc1-c1ccccc1. The van der Waals surface area contributed by atoms with Gasteiger partial charge in [0.05, 0.1) is 6.04 Å². The van der Waals surface area contributed by atoms with E-state index < -0.39 is 0 Å². The molecule has 0 radical (unpaired) electrons. The summed E-state index contributed by atoms with van der Waals surface area (Å²) in [4.78, 5) is 0. The number of H-pyrrole nitrogens is 1. The van der Waals surface area contributed by atoms with Gasteiger partial charge in [-0.15, -0.1) is 6.42 Å². The zero-order chi connectivity index (χ0) is 13.5. The van der Waals surface area contributed by atoms with E-state index in [1.807, 2.05) is 30.3 Å². The van der Waals surface area contributed by atoms with Crippen molar-refractivity contribution in [3.63, 3.8) is 0 Å². The van der Waals surface area contributed by atoms with Crippen LogP contribution in [0.5, 0.6) is 0 Å².